The number of hydrogen-bond donors (Lipinski definition) is 3. The van der Waals surface area contributed by atoms with Crippen molar-refractivity contribution in [2.45, 2.75) is 25.7 Å². The van der Waals surface area contributed by atoms with Gasteiger partial charge in [-0.3, -0.25) is 5.10 Å². The molecule has 1 aliphatic heterocycles. The summed E-state index contributed by atoms with van der Waals surface area (Å²) in [6.07, 6.45) is 4.18. The van der Waals surface area contributed by atoms with Crippen molar-refractivity contribution in [1.29, 1.82) is 0 Å². The van der Waals surface area contributed by atoms with Crippen LogP contribution in [-0.2, 0) is 0 Å². The highest BCUT2D eigenvalue weighted by atomic mass is 19.1. The number of aromatic nitrogens is 4. The molecule has 0 aliphatic carbocycles. The van der Waals surface area contributed by atoms with Crippen molar-refractivity contribution in [3.05, 3.63) is 71.2 Å². The normalized spacial score (nSPS) is 15.4. The molecule has 32 heavy (non-hydrogen) atoms. The van der Waals surface area contributed by atoms with Crippen LogP contribution < -0.4 is 5.32 Å². The highest BCUT2D eigenvalue weighted by Crippen LogP contribution is 2.35. The van der Waals surface area contributed by atoms with Crippen molar-refractivity contribution in [2.24, 2.45) is 4.99 Å². The van der Waals surface area contributed by atoms with Gasteiger partial charge < -0.3 is 10.3 Å². The summed E-state index contributed by atoms with van der Waals surface area (Å²) < 4.78 is 13.8. The van der Waals surface area contributed by atoms with Gasteiger partial charge in [0.25, 0.3) is 0 Å². The number of nitrogens with one attached hydrogen (secondary N) is 3. The third kappa shape index (κ3) is 3.65. The van der Waals surface area contributed by atoms with Crippen LogP contribution in [0.25, 0.3) is 28.0 Å². The number of rotatable bonds is 5. The number of H-pyrrole nitrogens is 2. The molecule has 2 aromatic carbocycles. The van der Waals surface area contributed by atoms with Gasteiger partial charge in [-0.1, -0.05) is 24.3 Å². The molecule has 1 aliphatic rings. The second-order valence-corrected chi connectivity index (χ2v) is 8.06. The van der Waals surface area contributed by atoms with Crippen molar-refractivity contribution >= 4 is 29.0 Å². The molecule has 3 heterocycles. The molecule has 4 aromatic rings. The summed E-state index contributed by atoms with van der Waals surface area (Å²) in [5.74, 6) is 1.32. The minimum Gasteiger partial charge on any atom is -0.335 e. The Morgan fingerprint density at radius 1 is 1.19 bits per heavy atom. The van der Waals surface area contributed by atoms with Crippen LogP contribution >= 0.6 is 0 Å². The van der Waals surface area contributed by atoms with Crippen LogP contribution in [0.3, 0.4) is 0 Å². The summed E-state index contributed by atoms with van der Waals surface area (Å²) in [6.45, 7) is 7.68. The highest BCUT2D eigenvalue weighted by molar-refractivity contribution is 5.93. The SMILES string of the molecule is C=Nc1nc(-c2n[nH]c3ccc(C4CCNCC4)cc23)[nH]c1/C(=C\C)c1cccc(F)c1. The van der Waals surface area contributed by atoms with Crippen LogP contribution in [-0.4, -0.2) is 40.0 Å². The zero-order valence-corrected chi connectivity index (χ0v) is 18.0. The van der Waals surface area contributed by atoms with Gasteiger partial charge in [-0.15, -0.1) is 0 Å². The zero-order valence-electron chi connectivity index (χ0n) is 18.0. The van der Waals surface area contributed by atoms with Gasteiger partial charge in [0.05, 0.1) is 11.2 Å². The minimum absolute atomic E-state index is 0.293. The Labute approximate surface area is 185 Å². The molecule has 7 heteroatoms. The van der Waals surface area contributed by atoms with Gasteiger partial charge in [-0.2, -0.15) is 5.10 Å². The smallest absolute Gasteiger partial charge is 0.178 e. The van der Waals surface area contributed by atoms with Gasteiger partial charge in [-0.05, 0) is 80.9 Å². The zero-order chi connectivity index (χ0) is 22.1. The van der Waals surface area contributed by atoms with E-state index in [2.05, 4.69) is 55.4 Å². The predicted octanol–water partition coefficient (Wildman–Crippen LogP) is 5.34. The Kier molecular flexibility index (Phi) is 5.41. The number of fused-ring (bicyclic) bond motifs is 1. The Morgan fingerprint density at radius 3 is 2.78 bits per heavy atom. The number of nitrogens with zero attached hydrogens (tertiary/aromatic N) is 3. The van der Waals surface area contributed by atoms with Crippen molar-refractivity contribution in [2.75, 3.05) is 13.1 Å². The van der Waals surface area contributed by atoms with Crippen LogP contribution in [0.15, 0.2) is 53.5 Å². The molecule has 3 N–H and O–H groups in total. The first-order valence-corrected chi connectivity index (χ1v) is 10.9. The molecule has 0 saturated carbocycles. The summed E-state index contributed by atoms with van der Waals surface area (Å²) >= 11 is 0. The molecule has 6 nitrogen and oxygen atoms in total. The average molecular weight is 429 g/mol. The molecule has 162 valence electrons. The van der Waals surface area contributed by atoms with Crippen LogP contribution in [0.4, 0.5) is 10.2 Å². The van der Waals surface area contributed by atoms with Crippen molar-refractivity contribution in [3.63, 3.8) is 0 Å². The van der Waals surface area contributed by atoms with E-state index >= 15 is 0 Å². The maximum absolute atomic E-state index is 13.8. The Hall–Kier alpha value is -3.58. The maximum Gasteiger partial charge on any atom is 0.178 e. The summed E-state index contributed by atoms with van der Waals surface area (Å²) in [5, 5.41) is 12.1. The Bertz CT molecular complexity index is 1310. The van der Waals surface area contributed by atoms with E-state index in [1.165, 1.54) is 17.7 Å². The number of benzene rings is 2. The number of imidazole rings is 1. The molecule has 0 atom stereocenters. The maximum atomic E-state index is 13.8. The Morgan fingerprint density at radius 2 is 2.03 bits per heavy atom. The topological polar surface area (TPSA) is 81.8 Å². The van der Waals surface area contributed by atoms with E-state index in [0.29, 0.717) is 23.3 Å². The van der Waals surface area contributed by atoms with E-state index < -0.39 is 0 Å². The fraction of sp³-hybridized carbons (Fsp3) is 0.240. The second-order valence-electron chi connectivity index (χ2n) is 8.06. The highest BCUT2D eigenvalue weighted by Gasteiger charge is 2.21. The minimum atomic E-state index is -0.293. The fourth-order valence-electron chi connectivity index (χ4n) is 4.51. The molecule has 1 saturated heterocycles. The number of allylic oxidation sites excluding steroid dienone is 1. The predicted molar refractivity (Wildman–Crippen MR) is 127 cm³/mol. The average Bonchev–Trinajstić information content (AvgIpc) is 3.44. The lowest BCUT2D eigenvalue weighted by Gasteiger charge is -2.23. The van der Waals surface area contributed by atoms with Crippen molar-refractivity contribution in [1.82, 2.24) is 25.5 Å². The first-order chi connectivity index (χ1) is 15.7. The standard InChI is InChI=1S/C25H25FN6/c1-3-19(17-5-4-6-18(26)13-17)22-24(27-2)30-25(29-22)23-20-14-16(7-8-21(20)31-32-23)15-9-11-28-12-10-15/h3-8,13-15,28H,2,9-12H2,1H3,(H,29,30)(H,31,32)/b19-3-. The lowest BCUT2D eigenvalue weighted by atomic mass is 9.89. The van der Waals surface area contributed by atoms with Crippen molar-refractivity contribution in [3.8, 4) is 11.5 Å². The summed E-state index contributed by atoms with van der Waals surface area (Å²) in [5.41, 5.74) is 5.26. The van der Waals surface area contributed by atoms with Gasteiger partial charge in [0, 0.05) is 11.0 Å². The van der Waals surface area contributed by atoms with Gasteiger partial charge in [0.1, 0.15) is 11.5 Å². The lowest BCUT2D eigenvalue weighted by Crippen LogP contribution is -2.26. The summed E-state index contributed by atoms with van der Waals surface area (Å²) in [7, 11) is 0. The molecule has 0 unspecified atom stereocenters. The third-order valence-electron chi connectivity index (χ3n) is 6.15. The lowest BCUT2D eigenvalue weighted by molar-refractivity contribution is 0.460. The molecular weight excluding hydrogens is 403 g/mol. The van der Waals surface area contributed by atoms with E-state index in [9.17, 15) is 4.39 Å². The third-order valence-corrected chi connectivity index (χ3v) is 6.15. The van der Waals surface area contributed by atoms with Gasteiger partial charge >= 0.3 is 0 Å². The Balaban J connectivity index is 1.58. The molecule has 0 bridgehead atoms. The molecule has 0 radical (unpaired) electrons. The number of aliphatic imine (C=N–C) groups is 1. The second kappa shape index (κ2) is 8.51. The van der Waals surface area contributed by atoms with Crippen LogP contribution in [0, 0.1) is 5.82 Å². The molecule has 2 aromatic heterocycles. The van der Waals surface area contributed by atoms with Crippen LogP contribution in [0.1, 0.15) is 42.5 Å². The fourth-order valence-corrected chi connectivity index (χ4v) is 4.51. The van der Waals surface area contributed by atoms with E-state index in [-0.39, 0.29) is 5.82 Å². The van der Waals surface area contributed by atoms with E-state index in [1.807, 2.05) is 19.1 Å². The van der Waals surface area contributed by atoms with Gasteiger partial charge in [-0.25, -0.2) is 14.4 Å². The quantitative estimate of drug-likeness (QED) is 0.375. The molecular formula is C25H25FN6. The van der Waals surface area contributed by atoms with E-state index in [1.54, 1.807) is 6.07 Å². The summed E-state index contributed by atoms with van der Waals surface area (Å²) in [4.78, 5) is 12.2. The van der Waals surface area contributed by atoms with Crippen LogP contribution in [0.2, 0.25) is 0 Å². The molecule has 1 fully saturated rings. The first kappa shape index (κ1) is 20.3. The van der Waals surface area contributed by atoms with E-state index in [4.69, 9.17) is 0 Å². The largest absolute Gasteiger partial charge is 0.335 e. The van der Waals surface area contributed by atoms with Crippen molar-refractivity contribution < 1.29 is 4.39 Å². The number of piperidine rings is 1. The number of hydrogen-bond acceptors (Lipinski definition) is 4. The first-order valence-electron chi connectivity index (χ1n) is 10.9. The summed E-state index contributed by atoms with van der Waals surface area (Å²) in [6, 6.07) is 13.0. The molecule has 0 spiro atoms. The number of aromatic amines is 2. The van der Waals surface area contributed by atoms with Gasteiger partial charge in [0.2, 0.25) is 0 Å². The van der Waals surface area contributed by atoms with E-state index in [0.717, 1.165) is 53.7 Å². The van der Waals surface area contributed by atoms with Gasteiger partial charge in [0.15, 0.2) is 11.6 Å². The monoisotopic (exact) mass is 428 g/mol. The number of halogens is 1. The molecule has 5 rings (SSSR count). The van der Waals surface area contributed by atoms with Crippen LogP contribution in [0.5, 0.6) is 0 Å². The molecule has 0 amide bonds.